The van der Waals surface area contributed by atoms with Crippen LogP contribution in [-0.4, -0.2) is 54.5 Å². The van der Waals surface area contributed by atoms with Gasteiger partial charge in [0.2, 0.25) is 5.91 Å². The van der Waals surface area contributed by atoms with Crippen LogP contribution in [0.1, 0.15) is 34.1 Å². The summed E-state index contributed by atoms with van der Waals surface area (Å²) in [6.45, 7) is 10.4. The molecule has 0 saturated carbocycles. The van der Waals surface area contributed by atoms with E-state index in [1.54, 1.807) is 0 Å². The van der Waals surface area contributed by atoms with E-state index in [1.165, 1.54) is 0 Å². The zero-order valence-electron chi connectivity index (χ0n) is 11.9. The van der Waals surface area contributed by atoms with Crippen LogP contribution in [-0.2, 0) is 4.79 Å². The third-order valence-corrected chi connectivity index (χ3v) is 4.39. The fourth-order valence-electron chi connectivity index (χ4n) is 2.33. The van der Waals surface area contributed by atoms with Gasteiger partial charge in [0.25, 0.3) is 0 Å². The van der Waals surface area contributed by atoms with E-state index in [2.05, 4.69) is 25.8 Å². The van der Waals surface area contributed by atoms with Gasteiger partial charge >= 0.3 is 0 Å². The van der Waals surface area contributed by atoms with Gasteiger partial charge in [0.1, 0.15) is 0 Å². The predicted octanol–water partition coefficient (Wildman–Crippen LogP) is 0.912. The second-order valence-electron chi connectivity index (χ2n) is 5.69. The summed E-state index contributed by atoms with van der Waals surface area (Å²) in [4.78, 5) is 16.8. The summed E-state index contributed by atoms with van der Waals surface area (Å²) >= 11 is 0. The lowest BCUT2D eigenvalue weighted by molar-refractivity contribution is -0.145. The van der Waals surface area contributed by atoms with E-state index in [9.17, 15) is 4.79 Å². The predicted molar refractivity (Wildman–Crippen MR) is 70.7 cm³/mol. The zero-order valence-corrected chi connectivity index (χ0v) is 11.9. The molecule has 3 atom stereocenters. The maximum absolute atomic E-state index is 12.5. The van der Waals surface area contributed by atoms with Crippen LogP contribution in [0.2, 0.25) is 0 Å². The Bertz CT molecular complexity index is 264. The highest BCUT2D eigenvalue weighted by molar-refractivity contribution is 5.82. The van der Waals surface area contributed by atoms with Crippen molar-refractivity contribution in [1.29, 1.82) is 0 Å². The van der Waals surface area contributed by atoms with Gasteiger partial charge in [0, 0.05) is 31.7 Å². The number of piperazine rings is 1. The van der Waals surface area contributed by atoms with Gasteiger partial charge in [-0.1, -0.05) is 6.92 Å². The molecule has 0 aromatic carbocycles. The van der Waals surface area contributed by atoms with E-state index in [0.717, 1.165) is 19.5 Å². The van der Waals surface area contributed by atoms with Crippen LogP contribution in [0.15, 0.2) is 0 Å². The molecule has 4 nitrogen and oxygen atoms in total. The number of nitrogens with zero attached hydrogens (tertiary/aromatic N) is 2. The molecule has 1 amide bonds. The Labute approximate surface area is 105 Å². The SMILES string of the molecule is CCC(C)(CN)C(=O)N1CC(C)N(C)C(C)C1. The summed E-state index contributed by atoms with van der Waals surface area (Å²) in [6.07, 6.45) is 0.803. The Morgan fingerprint density at radius 1 is 1.35 bits per heavy atom. The Balaban J connectivity index is 2.77. The number of amides is 1. The first-order valence-corrected chi connectivity index (χ1v) is 6.57. The van der Waals surface area contributed by atoms with E-state index in [4.69, 9.17) is 5.73 Å². The molecule has 1 saturated heterocycles. The molecule has 3 unspecified atom stereocenters. The summed E-state index contributed by atoms with van der Waals surface area (Å²) in [7, 11) is 2.12. The van der Waals surface area contributed by atoms with Crippen LogP contribution in [0.3, 0.4) is 0 Å². The van der Waals surface area contributed by atoms with Crippen LogP contribution in [0.5, 0.6) is 0 Å². The first-order chi connectivity index (χ1) is 7.85. The maximum Gasteiger partial charge on any atom is 0.229 e. The fraction of sp³-hybridized carbons (Fsp3) is 0.923. The van der Waals surface area contributed by atoms with Gasteiger partial charge in [-0.25, -0.2) is 0 Å². The molecule has 0 aromatic heterocycles. The zero-order chi connectivity index (χ0) is 13.2. The third-order valence-electron chi connectivity index (χ3n) is 4.39. The van der Waals surface area contributed by atoms with Gasteiger partial charge in [-0.15, -0.1) is 0 Å². The Hall–Kier alpha value is -0.610. The molecule has 0 radical (unpaired) electrons. The highest BCUT2D eigenvalue weighted by Gasteiger charge is 2.37. The quantitative estimate of drug-likeness (QED) is 0.799. The Morgan fingerprint density at radius 3 is 2.18 bits per heavy atom. The average molecular weight is 241 g/mol. The van der Waals surface area contributed by atoms with E-state index in [-0.39, 0.29) is 5.91 Å². The molecule has 0 aliphatic carbocycles. The van der Waals surface area contributed by atoms with Crippen LogP contribution >= 0.6 is 0 Å². The van der Waals surface area contributed by atoms with Crippen molar-refractivity contribution < 1.29 is 4.79 Å². The molecule has 2 N–H and O–H groups in total. The monoisotopic (exact) mass is 241 g/mol. The van der Waals surface area contributed by atoms with Crippen molar-refractivity contribution in [2.45, 2.75) is 46.2 Å². The molecule has 1 rings (SSSR count). The number of nitrogens with two attached hydrogens (primary N) is 1. The third kappa shape index (κ3) is 2.80. The van der Waals surface area contributed by atoms with Crippen molar-refractivity contribution in [3.05, 3.63) is 0 Å². The number of carbonyl (C=O) groups excluding carboxylic acids is 1. The minimum Gasteiger partial charge on any atom is -0.339 e. The summed E-state index contributed by atoms with van der Waals surface area (Å²) in [6, 6.07) is 0.836. The smallest absolute Gasteiger partial charge is 0.229 e. The second kappa shape index (κ2) is 5.36. The molecule has 100 valence electrons. The maximum atomic E-state index is 12.5. The summed E-state index contributed by atoms with van der Waals surface area (Å²) < 4.78 is 0. The van der Waals surface area contributed by atoms with Crippen molar-refractivity contribution in [1.82, 2.24) is 9.80 Å². The first-order valence-electron chi connectivity index (χ1n) is 6.57. The topological polar surface area (TPSA) is 49.6 Å². The molecule has 1 aliphatic heterocycles. The van der Waals surface area contributed by atoms with Crippen molar-refractivity contribution in [3.63, 3.8) is 0 Å². The highest BCUT2D eigenvalue weighted by Crippen LogP contribution is 2.25. The molecular weight excluding hydrogens is 214 g/mol. The number of rotatable bonds is 3. The molecule has 0 aromatic rings. The molecular formula is C13H27N3O. The van der Waals surface area contributed by atoms with Crippen molar-refractivity contribution in [2.24, 2.45) is 11.1 Å². The van der Waals surface area contributed by atoms with Crippen LogP contribution in [0.4, 0.5) is 0 Å². The van der Waals surface area contributed by atoms with Gasteiger partial charge in [-0.3, -0.25) is 9.69 Å². The standard InChI is InChI=1S/C13H27N3O/c1-6-13(4,9-14)12(17)16-7-10(2)15(5)11(3)8-16/h10-11H,6-9,14H2,1-5H3. The van der Waals surface area contributed by atoms with Crippen molar-refractivity contribution >= 4 is 5.91 Å². The summed E-state index contributed by atoms with van der Waals surface area (Å²) in [5.41, 5.74) is 5.37. The fourth-order valence-corrected chi connectivity index (χ4v) is 2.33. The van der Waals surface area contributed by atoms with Crippen molar-refractivity contribution in [2.75, 3.05) is 26.7 Å². The van der Waals surface area contributed by atoms with Crippen molar-refractivity contribution in [3.8, 4) is 0 Å². The highest BCUT2D eigenvalue weighted by atomic mass is 16.2. The van der Waals surface area contributed by atoms with Gasteiger partial charge in [0.05, 0.1) is 5.41 Å². The van der Waals surface area contributed by atoms with Gasteiger partial charge in [-0.2, -0.15) is 0 Å². The molecule has 0 spiro atoms. The average Bonchev–Trinajstić information content (AvgIpc) is 2.33. The summed E-state index contributed by atoms with van der Waals surface area (Å²) in [5, 5.41) is 0. The molecule has 17 heavy (non-hydrogen) atoms. The normalized spacial score (nSPS) is 30.1. The van der Waals surface area contributed by atoms with Gasteiger partial charge in [-0.05, 0) is 34.2 Å². The number of likely N-dealkylation sites (N-methyl/N-ethyl adjacent to an activating group) is 1. The second-order valence-corrected chi connectivity index (χ2v) is 5.69. The van der Waals surface area contributed by atoms with Crippen LogP contribution < -0.4 is 5.73 Å². The largest absolute Gasteiger partial charge is 0.339 e. The molecule has 1 aliphatic rings. The van der Waals surface area contributed by atoms with Gasteiger partial charge < -0.3 is 10.6 Å². The number of hydrogen-bond donors (Lipinski definition) is 1. The minimum absolute atomic E-state index is 0.217. The Morgan fingerprint density at radius 2 is 1.82 bits per heavy atom. The van der Waals surface area contributed by atoms with Gasteiger partial charge in [0.15, 0.2) is 0 Å². The Kier molecular flexibility index (Phi) is 4.55. The van der Waals surface area contributed by atoms with E-state index < -0.39 is 5.41 Å². The minimum atomic E-state index is -0.394. The van der Waals surface area contributed by atoms with E-state index >= 15 is 0 Å². The first kappa shape index (κ1) is 14.5. The lowest BCUT2D eigenvalue weighted by Gasteiger charge is -2.45. The lowest BCUT2D eigenvalue weighted by atomic mass is 9.85. The van der Waals surface area contributed by atoms with E-state index in [0.29, 0.717) is 18.6 Å². The molecule has 0 bridgehead atoms. The molecule has 1 fully saturated rings. The molecule has 1 heterocycles. The number of hydrogen-bond acceptors (Lipinski definition) is 3. The summed E-state index contributed by atoms with van der Waals surface area (Å²) in [5.74, 6) is 0.217. The van der Waals surface area contributed by atoms with E-state index in [1.807, 2.05) is 18.7 Å². The molecule has 4 heteroatoms. The van der Waals surface area contributed by atoms with Crippen LogP contribution in [0.25, 0.3) is 0 Å². The lowest BCUT2D eigenvalue weighted by Crippen LogP contribution is -2.59. The number of carbonyl (C=O) groups is 1. The van der Waals surface area contributed by atoms with Crippen LogP contribution in [0, 0.1) is 5.41 Å².